The summed E-state index contributed by atoms with van der Waals surface area (Å²) in [6.45, 7) is 0. The third-order valence-electron chi connectivity index (χ3n) is 2.67. The molecule has 2 aromatic carbocycles. The first-order valence-electron chi connectivity index (χ1n) is 6.07. The second-order valence-electron chi connectivity index (χ2n) is 4.20. The first-order valence-corrected chi connectivity index (χ1v) is 6.07. The Hall–Kier alpha value is -3.13. The standard InChI is InChI=1S/C16H11FN2O2/c17-14-6-1-2-7-15(14)19-16(21)12(10-18)8-11-4-3-5-13(20)9-11/h1-9,20H,(H,19,21)/b12-8+. The average molecular weight is 282 g/mol. The van der Waals surface area contributed by atoms with E-state index in [1.807, 2.05) is 0 Å². The number of aromatic hydroxyl groups is 1. The van der Waals surface area contributed by atoms with Crippen molar-refractivity contribution in [1.29, 1.82) is 5.26 Å². The molecule has 104 valence electrons. The fourth-order valence-corrected chi connectivity index (χ4v) is 1.68. The smallest absolute Gasteiger partial charge is 0.266 e. The fraction of sp³-hybridized carbons (Fsp3) is 0. The number of rotatable bonds is 3. The maximum absolute atomic E-state index is 13.4. The van der Waals surface area contributed by atoms with Crippen molar-refractivity contribution in [3.05, 3.63) is 65.5 Å². The Balaban J connectivity index is 2.24. The second-order valence-corrected chi connectivity index (χ2v) is 4.20. The van der Waals surface area contributed by atoms with Crippen LogP contribution in [0.3, 0.4) is 0 Å². The van der Waals surface area contributed by atoms with Crippen LogP contribution in [0.15, 0.2) is 54.1 Å². The van der Waals surface area contributed by atoms with Gasteiger partial charge in [0.2, 0.25) is 0 Å². The molecule has 0 unspecified atom stereocenters. The number of benzene rings is 2. The molecule has 0 saturated heterocycles. The van der Waals surface area contributed by atoms with E-state index in [-0.39, 0.29) is 17.0 Å². The molecular weight excluding hydrogens is 271 g/mol. The minimum absolute atomic E-state index is 0.000408. The minimum atomic E-state index is -0.717. The first-order chi connectivity index (χ1) is 10.1. The van der Waals surface area contributed by atoms with Gasteiger partial charge in [-0.2, -0.15) is 5.26 Å². The number of anilines is 1. The van der Waals surface area contributed by atoms with E-state index >= 15 is 0 Å². The van der Waals surface area contributed by atoms with Crippen molar-refractivity contribution in [2.75, 3.05) is 5.32 Å². The molecule has 0 heterocycles. The zero-order chi connectivity index (χ0) is 15.2. The van der Waals surface area contributed by atoms with Crippen LogP contribution < -0.4 is 5.32 Å². The van der Waals surface area contributed by atoms with Crippen LogP contribution in [-0.4, -0.2) is 11.0 Å². The van der Waals surface area contributed by atoms with E-state index in [1.165, 1.54) is 36.4 Å². The summed E-state index contributed by atoms with van der Waals surface area (Å²) >= 11 is 0. The number of carbonyl (C=O) groups excluding carboxylic acids is 1. The van der Waals surface area contributed by atoms with Gasteiger partial charge < -0.3 is 10.4 Å². The van der Waals surface area contributed by atoms with Crippen molar-refractivity contribution in [2.45, 2.75) is 0 Å². The quantitative estimate of drug-likeness (QED) is 0.671. The summed E-state index contributed by atoms with van der Waals surface area (Å²) in [6, 6.07) is 13.5. The number of phenolic OH excluding ortho intramolecular Hbond substituents is 1. The van der Waals surface area contributed by atoms with Gasteiger partial charge in [-0.15, -0.1) is 0 Å². The normalized spacial score (nSPS) is 10.8. The number of hydrogen-bond donors (Lipinski definition) is 2. The largest absolute Gasteiger partial charge is 0.508 e. The van der Waals surface area contributed by atoms with Gasteiger partial charge in [0, 0.05) is 0 Å². The Labute approximate surface area is 120 Å². The van der Waals surface area contributed by atoms with E-state index in [9.17, 15) is 14.3 Å². The summed E-state index contributed by atoms with van der Waals surface area (Å²) in [5.41, 5.74) is 0.304. The zero-order valence-electron chi connectivity index (χ0n) is 10.9. The lowest BCUT2D eigenvalue weighted by molar-refractivity contribution is -0.112. The van der Waals surface area contributed by atoms with Crippen molar-refractivity contribution in [2.24, 2.45) is 0 Å². The average Bonchev–Trinajstić information content (AvgIpc) is 2.47. The third-order valence-corrected chi connectivity index (χ3v) is 2.67. The van der Waals surface area contributed by atoms with Crippen LogP contribution in [-0.2, 0) is 4.79 Å². The number of hydrogen-bond acceptors (Lipinski definition) is 3. The lowest BCUT2D eigenvalue weighted by Crippen LogP contribution is -2.14. The monoisotopic (exact) mass is 282 g/mol. The number of carbonyl (C=O) groups is 1. The van der Waals surface area contributed by atoms with Crippen LogP contribution in [0.25, 0.3) is 6.08 Å². The van der Waals surface area contributed by atoms with Gasteiger partial charge in [0.1, 0.15) is 23.2 Å². The fourth-order valence-electron chi connectivity index (χ4n) is 1.68. The van der Waals surface area contributed by atoms with Gasteiger partial charge in [-0.3, -0.25) is 4.79 Å². The van der Waals surface area contributed by atoms with Gasteiger partial charge in [-0.1, -0.05) is 24.3 Å². The van der Waals surface area contributed by atoms with Crippen molar-refractivity contribution >= 4 is 17.7 Å². The molecule has 2 aromatic rings. The van der Waals surface area contributed by atoms with Crippen LogP contribution in [0.4, 0.5) is 10.1 Å². The van der Waals surface area contributed by atoms with Crippen LogP contribution >= 0.6 is 0 Å². The lowest BCUT2D eigenvalue weighted by Gasteiger charge is -2.05. The Morgan fingerprint density at radius 1 is 1.24 bits per heavy atom. The Morgan fingerprint density at radius 3 is 2.67 bits per heavy atom. The molecule has 2 rings (SSSR count). The van der Waals surface area contributed by atoms with Gasteiger partial charge in [0.15, 0.2) is 0 Å². The molecule has 0 aliphatic heterocycles. The molecule has 0 spiro atoms. The highest BCUT2D eigenvalue weighted by Gasteiger charge is 2.11. The Bertz CT molecular complexity index is 748. The molecule has 0 saturated carbocycles. The highest BCUT2D eigenvalue weighted by molar-refractivity contribution is 6.09. The summed E-state index contributed by atoms with van der Waals surface area (Å²) in [6.07, 6.45) is 1.32. The summed E-state index contributed by atoms with van der Waals surface area (Å²) in [4.78, 5) is 12.0. The van der Waals surface area contributed by atoms with Crippen molar-refractivity contribution in [1.82, 2.24) is 0 Å². The van der Waals surface area contributed by atoms with Crippen LogP contribution in [0.1, 0.15) is 5.56 Å². The summed E-state index contributed by atoms with van der Waals surface area (Å²) in [7, 11) is 0. The second kappa shape index (κ2) is 6.35. The first kappa shape index (κ1) is 14.3. The molecule has 2 N–H and O–H groups in total. The van der Waals surface area contributed by atoms with Gasteiger partial charge in [-0.25, -0.2) is 4.39 Å². The molecule has 1 amide bonds. The topological polar surface area (TPSA) is 73.1 Å². The molecule has 0 aromatic heterocycles. The number of para-hydroxylation sites is 1. The lowest BCUT2D eigenvalue weighted by atomic mass is 10.1. The van der Waals surface area contributed by atoms with Crippen molar-refractivity contribution in [3.8, 4) is 11.8 Å². The number of nitriles is 1. The Morgan fingerprint density at radius 2 is 2.00 bits per heavy atom. The van der Waals surface area contributed by atoms with Gasteiger partial charge in [0.25, 0.3) is 5.91 Å². The highest BCUT2D eigenvalue weighted by Crippen LogP contribution is 2.16. The summed E-state index contributed by atoms with van der Waals surface area (Å²) in [5.74, 6) is -1.28. The molecule has 21 heavy (non-hydrogen) atoms. The molecule has 0 bridgehead atoms. The Kier molecular flexibility index (Phi) is 4.32. The van der Waals surface area contributed by atoms with Crippen molar-refractivity contribution in [3.63, 3.8) is 0 Å². The molecule has 0 atom stereocenters. The van der Waals surface area contributed by atoms with E-state index in [1.54, 1.807) is 24.3 Å². The maximum Gasteiger partial charge on any atom is 0.266 e. The number of phenols is 1. The summed E-state index contributed by atoms with van der Waals surface area (Å²) < 4.78 is 13.4. The molecule has 0 aliphatic carbocycles. The predicted molar refractivity (Wildman–Crippen MR) is 76.7 cm³/mol. The van der Waals surface area contributed by atoms with E-state index in [0.29, 0.717) is 5.56 Å². The minimum Gasteiger partial charge on any atom is -0.508 e. The number of amides is 1. The van der Waals surface area contributed by atoms with Crippen LogP contribution in [0, 0.1) is 17.1 Å². The van der Waals surface area contributed by atoms with Gasteiger partial charge in [0.05, 0.1) is 5.69 Å². The maximum atomic E-state index is 13.4. The molecule has 4 nitrogen and oxygen atoms in total. The molecular formula is C16H11FN2O2. The number of nitrogens with one attached hydrogen (secondary N) is 1. The number of nitrogens with zero attached hydrogens (tertiary/aromatic N) is 1. The molecule has 0 radical (unpaired) electrons. The number of halogens is 1. The van der Waals surface area contributed by atoms with Gasteiger partial charge >= 0.3 is 0 Å². The van der Waals surface area contributed by atoms with E-state index in [4.69, 9.17) is 5.26 Å². The molecule has 5 heteroatoms. The molecule has 0 aliphatic rings. The van der Waals surface area contributed by atoms with Gasteiger partial charge in [-0.05, 0) is 35.9 Å². The van der Waals surface area contributed by atoms with Crippen LogP contribution in [0.5, 0.6) is 5.75 Å². The highest BCUT2D eigenvalue weighted by atomic mass is 19.1. The van der Waals surface area contributed by atoms with E-state index in [2.05, 4.69) is 5.32 Å². The van der Waals surface area contributed by atoms with Crippen molar-refractivity contribution < 1.29 is 14.3 Å². The van der Waals surface area contributed by atoms with Crippen LogP contribution in [0.2, 0.25) is 0 Å². The summed E-state index contributed by atoms with van der Waals surface area (Å²) in [5, 5.41) is 20.7. The zero-order valence-corrected chi connectivity index (χ0v) is 10.9. The van der Waals surface area contributed by atoms with E-state index < -0.39 is 11.7 Å². The molecule has 0 fully saturated rings. The third kappa shape index (κ3) is 3.67. The predicted octanol–water partition coefficient (Wildman–Crippen LogP) is 3.08. The SMILES string of the molecule is N#C/C(=C\c1cccc(O)c1)C(=O)Nc1ccccc1F. The van der Waals surface area contributed by atoms with E-state index in [0.717, 1.165) is 0 Å².